The third-order valence-electron chi connectivity index (χ3n) is 3.19. The van der Waals surface area contributed by atoms with E-state index in [2.05, 4.69) is 23.3 Å². The molecule has 0 saturated carbocycles. The number of pyridine rings is 1. The summed E-state index contributed by atoms with van der Waals surface area (Å²) >= 11 is 5.95. The summed E-state index contributed by atoms with van der Waals surface area (Å²) < 4.78 is 5.72. The first-order chi connectivity index (χ1) is 10.2. The molecule has 3 nitrogen and oxygen atoms in total. The van der Waals surface area contributed by atoms with Gasteiger partial charge in [-0.25, -0.2) is 4.98 Å². The molecule has 0 radical (unpaired) electrons. The van der Waals surface area contributed by atoms with Gasteiger partial charge in [0.15, 0.2) is 0 Å². The van der Waals surface area contributed by atoms with E-state index in [9.17, 15) is 0 Å². The molecule has 2 rings (SSSR count). The number of hydrogen-bond acceptors (Lipinski definition) is 3. The summed E-state index contributed by atoms with van der Waals surface area (Å²) in [5.41, 5.74) is 3.25. The van der Waals surface area contributed by atoms with Crippen LogP contribution in [0.4, 0.5) is 0 Å². The van der Waals surface area contributed by atoms with Gasteiger partial charge in [0.05, 0.1) is 0 Å². The van der Waals surface area contributed by atoms with Crippen LogP contribution in [-0.4, -0.2) is 11.5 Å². The van der Waals surface area contributed by atoms with E-state index in [4.69, 9.17) is 16.3 Å². The number of nitrogens with zero attached hydrogens (tertiary/aromatic N) is 1. The highest BCUT2D eigenvalue weighted by molar-refractivity contribution is 6.30. The topological polar surface area (TPSA) is 34.1 Å². The maximum Gasteiger partial charge on any atom is 0.213 e. The highest BCUT2D eigenvalue weighted by Crippen LogP contribution is 2.16. The third kappa shape index (κ3) is 5.03. The van der Waals surface area contributed by atoms with Crippen molar-refractivity contribution in [2.45, 2.75) is 33.4 Å². The Kier molecular flexibility index (Phi) is 6.03. The summed E-state index contributed by atoms with van der Waals surface area (Å²) in [5.74, 6) is 0.645. The average Bonchev–Trinajstić information content (AvgIpc) is 2.47. The first kappa shape index (κ1) is 15.8. The van der Waals surface area contributed by atoms with Crippen LogP contribution in [0.15, 0.2) is 36.4 Å². The monoisotopic (exact) mass is 304 g/mol. The smallest absolute Gasteiger partial charge is 0.213 e. The Bertz CT molecular complexity index is 587. The summed E-state index contributed by atoms with van der Waals surface area (Å²) in [4.78, 5) is 4.49. The minimum atomic E-state index is 0.473. The van der Waals surface area contributed by atoms with Crippen LogP contribution in [0.3, 0.4) is 0 Å². The number of hydrogen-bond donors (Lipinski definition) is 1. The zero-order chi connectivity index (χ0) is 15.1. The lowest BCUT2D eigenvalue weighted by Gasteiger charge is -2.10. The van der Waals surface area contributed by atoms with Crippen molar-refractivity contribution >= 4 is 11.6 Å². The van der Waals surface area contributed by atoms with Crippen LogP contribution in [0.5, 0.6) is 5.88 Å². The normalized spacial score (nSPS) is 10.6. The third-order valence-corrected chi connectivity index (χ3v) is 3.42. The molecule has 0 bridgehead atoms. The molecule has 1 aromatic heterocycles. The molecule has 0 amide bonds. The van der Waals surface area contributed by atoms with Gasteiger partial charge >= 0.3 is 0 Å². The SMILES string of the molecule is CCCNCc1ccc(OCc2cccc(Cl)c2)nc1C. The molecule has 4 heteroatoms. The van der Waals surface area contributed by atoms with E-state index >= 15 is 0 Å². The molecule has 21 heavy (non-hydrogen) atoms. The lowest BCUT2D eigenvalue weighted by molar-refractivity contribution is 0.293. The number of aromatic nitrogens is 1. The molecule has 1 aromatic carbocycles. The summed E-state index contributed by atoms with van der Waals surface area (Å²) in [6, 6.07) is 11.6. The molecular formula is C17H21ClN2O. The number of rotatable bonds is 7. The van der Waals surface area contributed by atoms with Gasteiger partial charge in [-0.3, -0.25) is 0 Å². The largest absolute Gasteiger partial charge is 0.473 e. The number of benzene rings is 1. The Labute approximate surface area is 131 Å². The Balaban J connectivity index is 1.93. The second kappa shape index (κ2) is 8.01. The van der Waals surface area contributed by atoms with Crippen LogP contribution in [0.1, 0.15) is 30.2 Å². The molecule has 0 aliphatic heterocycles. The predicted octanol–water partition coefficient (Wildman–Crippen LogP) is 4.12. The maximum absolute atomic E-state index is 5.95. The Morgan fingerprint density at radius 2 is 2.10 bits per heavy atom. The predicted molar refractivity (Wildman–Crippen MR) is 86.8 cm³/mol. The van der Waals surface area contributed by atoms with E-state index in [0.29, 0.717) is 12.5 Å². The fourth-order valence-corrected chi connectivity index (χ4v) is 2.23. The van der Waals surface area contributed by atoms with E-state index in [0.717, 1.165) is 35.8 Å². The van der Waals surface area contributed by atoms with Crippen LogP contribution >= 0.6 is 11.6 Å². The van der Waals surface area contributed by atoms with Crippen molar-refractivity contribution < 1.29 is 4.74 Å². The summed E-state index contributed by atoms with van der Waals surface area (Å²) in [7, 11) is 0. The van der Waals surface area contributed by atoms with Crippen molar-refractivity contribution in [3.63, 3.8) is 0 Å². The standard InChI is InChI=1S/C17H21ClN2O/c1-3-9-19-11-15-7-8-17(20-13(15)2)21-12-14-5-4-6-16(18)10-14/h4-8,10,19H,3,9,11-12H2,1-2H3. The van der Waals surface area contributed by atoms with Crippen LogP contribution in [-0.2, 0) is 13.2 Å². The average molecular weight is 305 g/mol. The van der Waals surface area contributed by atoms with Crippen molar-refractivity contribution in [2.75, 3.05) is 6.54 Å². The molecule has 1 heterocycles. The number of halogens is 1. The molecule has 0 unspecified atom stereocenters. The Morgan fingerprint density at radius 3 is 2.81 bits per heavy atom. The minimum absolute atomic E-state index is 0.473. The molecular weight excluding hydrogens is 284 g/mol. The second-order valence-electron chi connectivity index (χ2n) is 4.99. The van der Waals surface area contributed by atoms with Crippen molar-refractivity contribution in [1.82, 2.24) is 10.3 Å². The fourth-order valence-electron chi connectivity index (χ4n) is 2.02. The molecule has 2 aromatic rings. The molecule has 0 spiro atoms. The molecule has 0 atom stereocenters. The highest BCUT2D eigenvalue weighted by Gasteiger charge is 2.03. The lowest BCUT2D eigenvalue weighted by Crippen LogP contribution is -2.15. The zero-order valence-electron chi connectivity index (χ0n) is 12.5. The number of nitrogens with one attached hydrogen (secondary N) is 1. The van der Waals surface area contributed by atoms with E-state index in [1.807, 2.05) is 37.3 Å². The van der Waals surface area contributed by atoms with Gasteiger partial charge in [0.2, 0.25) is 5.88 Å². The van der Waals surface area contributed by atoms with E-state index < -0.39 is 0 Å². The molecule has 112 valence electrons. The van der Waals surface area contributed by atoms with Gasteiger partial charge in [0, 0.05) is 23.3 Å². The van der Waals surface area contributed by atoms with Gasteiger partial charge in [-0.15, -0.1) is 0 Å². The summed E-state index contributed by atoms with van der Waals surface area (Å²) in [5, 5.41) is 4.10. The van der Waals surface area contributed by atoms with E-state index in [1.165, 1.54) is 5.56 Å². The molecule has 1 N–H and O–H groups in total. The second-order valence-corrected chi connectivity index (χ2v) is 5.43. The van der Waals surface area contributed by atoms with Crippen LogP contribution in [0.2, 0.25) is 5.02 Å². The van der Waals surface area contributed by atoms with Crippen molar-refractivity contribution in [2.24, 2.45) is 0 Å². The van der Waals surface area contributed by atoms with Gasteiger partial charge in [0.1, 0.15) is 6.61 Å². The van der Waals surface area contributed by atoms with E-state index in [1.54, 1.807) is 0 Å². The van der Waals surface area contributed by atoms with Gasteiger partial charge < -0.3 is 10.1 Å². The van der Waals surface area contributed by atoms with Crippen LogP contribution < -0.4 is 10.1 Å². The molecule has 0 aliphatic carbocycles. The van der Waals surface area contributed by atoms with Gasteiger partial charge in [0.25, 0.3) is 0 Å². The molecule has 0 fully saturated rings. The van der Waals surface area contributed by atoms with Gasteiger partial charge in [-0.05, 0) is 43.1 Å². The first-order valence-electron chi connectivity index (χ1n) is 7.23. The minimum Gasteiger partial charge on any atom is -0.473 e. The van der Waals surface area contributed by atoms with Crippen molar-refractivity contribution in [3.8, 4) is 5.88 Å². The van der Waals surface area contributed by atoms with Crippen molar-refractivity contribution in [3.05, 3.63) is 58.2 Å². The van der Waals surface area contributed by atoms with Crippen LogP contribution in [0.25, 0.3) is 0 Å². The summed E-state index contributed by atoms with van der Waals surface area (Å²) in [6.45, 7) is 6.51. The maximum atomic E-state index is 5.95. The zero-order valence-corrected chi connectivity index (χ0v) is 13.3. The lowest BCUT2D eigenvalue weighted by atomic mass is 10.2. The Morgan fingerprint density at radius 1 is 1.24 bits per heavy atom. The number of aryl methyl sites for hydroxylation is 1. The first-order valence-corrected chi connectivity index (χ1v) is 7.61. The van der Waals surface area contributed by atoms with Crippen molar-refractivity contribution in [1.29, 1.82) is 0 Å². The molecule has 0 saturated heterocycles. The van der Waals surface area contributed by atoms with Gasteiger partial charge in [-0.1, -0.05) is 36.7 Å². The highest BCUT2D eigenvalue weighted by atomic mass is 35.5. The Hall–Kier alpha value is -1.58. The van der Waals surface area contributed by atoms with Gasteiger partial charge in [-0.2, -0.15) is 0 Å². The van der Waals surface area contributed by atoms with E-state index in [-0.39, 0.29) is 0 Å². The number of ether oxygens (including phenoxy) is 1. The fraction of sp³-hybridized carbons (Fsp3) is 0.353. The summed E-state index contributed by atoms with van der Waals surface area (Å²) in [6.07, 6.45) is 1.13. The van der Waals surface area contributed by atoms with Crippen LogP contribution in [0, 0.1) is 6.92 Å². The molecule has 0 aliphatic rings. The quantitative estimate of drug-likeness (QED) is 0.781.